The van der Waals surface area contributed by atoms with Crippen LogP contribution in [0.15, 0.2) is 17.8 Å². The molecule has 2 rings (SSSR count). The lowest BCUT2D eigenvalue weighted by Gasteiger charge is -1.79. The largest absolute Gasteiger partial charge is 0.236 e. The van der Waals surface area contributed by atoms with Crippen molar-refractivity contribution in [1.82, 2.24) is 9.97 Å². The molecule has 0 aromatic carbocycles. The minimum Gasteiger partial charge on any atom is -0.236 e. The van der Waals surface area contributed by atoms with Crippen molar-refractivity contribution in [2.45, 2.75) is 0 Å². The lowest BCUT2D eigenvalue weighted by Crippen LogP contribution is -1.70. The fraction of sp³-hybridized carbons (Fsp3) is 0. The second kappa shape index (κ2) is 1.77. The van der Waals surface area contributed by atoms with Crippen LogP contribution in [0.4, 0.5) is 0 Å². The van der Waals surface area contributed by atoms with Crippen molar-refractivity contribution in [3.8, 4) is 0 Å². The van der Waals surface area contributed by atoms with Crippen molar-refractivity contribution < 1.29 is 0 Å². The quantitative estimate of drug-likeness (QED) is 0.547. The molecule has 2 aromatic heterocycles. The Balaban J connectivity index is 2.95. The second-order valence-electron chi connectivity index (χ2n) is 1.59. The molecule has 0 amide bonds. The predicted octanol–water partition coefficient (Wildman–Crippen LogP) is 1.49. The van der Waals surface area contributed by atoms with Gasteiger partial charge in [0.15, 0.2) is 5.65 Å². The van der Waals surface area contributed by atoms with Crippen LogP contribution in [0.3, 0.4) is 0 Å². The van der Waals surface area contributed by atoms with Gasteiger partial charge in [0.25, 0.3) is 0 Å². The van der Waals surface area contributed by atoms with Gasteiger partial charge in [-0.1, -0.05) is 0 Å². The van der Waals surface area contributed by atoms with E-state index in [-0.39, 0.29) is 0 Å². The molecule has 0 atom stereocenters. The highest BCUT2D eigenvalue weighted by atomic mass is 32.1. The van der Waals surface area contributed by atoms with E-state index in [0.717, 1.165) is 10.3 Å². The monoisotopic (exact) mass is 135 g/mol. The number of aromatic nitrogens is 2. The zero-order chi connectivity index (χ0) is 6.10. The highest BCUT2D eigenvalue weighted by Gasteiger charge is 1.91. The van der Waals surface area contributed by atoms with E-state index in [2.05, 4.69) is 16.0 Å². The molecule has 2 heterocycles. The predicted molar refractivity (Wildman–Crippen MR) is 36.3 cm³/mol. The highest BCUT2D eigenvalue weighted by Crippen LogP contribution is 2.12. The van der Waals surface area contributed by atoms with Crippen LogP contribution in [0.1, 0.15) is 0 Å². The molecule has 9 heavy (non-hydrogen) atoms. The summed E-state index contributed by atoms with van der Waals surface area (Å²) >= 11 is 1.56. The lowest BCUT2D eigenvalue weighted by atomic mass is 10.5. The second-order valence-corrected chi connectivity index (χ2v) is 2.45. The third-order valence-corrected chi connectivity index (χ3v) is 1.78. The van der Waals surface area contributed by atoms with Gasteiger partial charge in [0.05, 0.1) is 10.2 Å². The summed E-state index contributed by atoms with van der Waals surface area (Å²) in [5.41, 5.74) is 2.57. The molecule has 43 valence electrons. The molecular formula is C6H3N2S. The summed E-state index contributed by atoms with van der Waals surface area (Å²) in [5.74, 6) is 0. The van der Waals surface area contributed by atoms with Crippen molar-refractivity contribution in [1.29, 1.82) is 0 Å². The average Bonchev–Trinajstić information content (AvgIpc) is 2.33. The van der Waals surface area contributed by atoms with Crippen LogP contribution in [0.5, 0.6) is 0 Å². The maximum atomic E-state index is 4.01. The SMILES string of the molecule is [c]1ccnc2ncsc12. The summed E-state index contributed by atoms with van der Waals surface area (Å²) in [5, 5.41) is 0. The Labute approximate surface area is 56.2 Å². The average molecular weight is 135 g/mol. The Morgan fingerprint density at radius 1 is 1.44 bits per heavy atom. The highest BCUT2D eigenvalue weighted by molar-refractivity contribution is 7.16. The number of pyridine rings is 1. The molecular weight excluding hydrogens is 132 g/mol. The van der Waals surface area contributed by atoms with Crippen LogP contribution in [0.25, 0.3) is 10.3 Å². The third kappa shape index (κ3) is 0.695. The van der Waals surface area contributed by atoms with Gasteiger partial charge in [0.2, 0.25) is 0 Å². The van der Waals surface area contributed by atoms with Crippen LogP contribution in [-0.4, -0.2) is 9.97 Å². The lowest BCUT2D eigenvalue weighted by molar-refractivity contribution is 1.33. The van der Waals surface area contributed by atoms with E-state index in [4.69, 9.17) is 0 Å². The topological polar surface area (TPSA) is 25.8 Å². The van der Waals surface area contributed by atoms with Gasteiger partial charge < -0.3 is 0 Å². The Morgan fingerprint density at radius 3 is 3.33 bits per heavy atom. The molecule has 0 N–H and O–H groups in total. The van der Waals surface area contributed by atoms with Gasteiger partial charge >= 0.3 is 0 Å². The van der Waals surface area contributed by atoms with Crippen molar-refractivity contribution in [2.75, 3.05) is 0 Å². The summed E-state index contributed by atoms with van der Waals surface area (Å²) in [4.78, 5) is 8.00. The minimum atomic E-state index is 0.794. The number of nitrogens with zero attached hydrogens (tertiary/aromatic N) is 2. The first-order chi connectivity index (χ1) is 4.47. The van der Waals surface area contributed by atoms with Gasteiger partial charge in [-0.2, -0.15) is 0 Å². The van der Waals surface area contributed by atoms with Crippen molar-refractivity contribution in [2.24, 2.45) is 0 Å². The van der Waals surface area contributed by atoms with Crippen molar-refractivity contribution >= 4 is 21.7 Å². The van der Waals surface area contributed by atoms with Gasteiger partial charge in [-0.25, -0.2) is 9.97 Å². The van der Waals surface area contributed by atoms with E-state index in [9.17, 15) is 0 Å². The standard InChI is InChI=1S/C6H3N2S/c1-2-5-6(7-3-1)8-4-9-5/h1,3-4H. The summed E-state index contributed by atoms with van der Waals surface area (Å²) in [7, 11) is 0. The third-order valence-electron chi connectivity index (χ3n) is 1.03. The summed E-state index contributed by atoms with van der Waals surface area (Å²) in [6.07, 6.45) is 1.70. The Hall–Kier alpha value is -0.960. The number of thiazole rings is 1. The molecule has 2 aromatic rings. The molecule has 3 heteroatoms. The molecule has 0 unspecified atom stereocenters. The molecule has 0 aliphatic rings. The van der Waals surface area contributed by atoms with E-state index in [0.29, 0.717) is 0 Å². The molecule has 0 aliphatic carbocycles. The molecule has 0 aliphatic heterocycles. The van der Waals surface area contributed by atoms with Gasteiger partial charge in [-0.05, 0) is 6.07 Å². The fourth-order valence-electron chi connectivity index (χ4n) is 0.652. The summed E-state index contributed by atoms with van der Waals surface area (Å²) < 4.78 is 1.03. The number of hydrogen-bond acceptors (Lipinski definition) is 3. The van der Waals surface area contributed by atoms with Gasteiger partial charge in [-0.15, -0.1) is 11.3 Å². The molecule has 0 saturated carbocycles. The normalized spacial score (nSPS) is 10.2. The zero-order valence-electron chi connectivity index (χ0n) is 4.53. The first-order valence-corrected chi connectivity index (χ1v) is 3.41. The maximum Gasteiger partial charge on any atom is 0.170 e. The van der Waals surface area contributed by atoms with Crippen molar-refractivity contribution in [3.05, 3.63) is 23.8 Å². The van der Waals surface area contributed by atoms with E-state index in [1.165, 1.54) is 0 Å². The van der Waals surface area contributed by atoms with Crippen LogP contribution < -0.4 is 0 Å². The van der Waals surface area contributed by atoms with Gasteiger partial charge in [0.1, 0.15) is 0 Å². The molecule has 0 fully saturated rings. The molecule has 0 spiro atoms. The fourth-order valence-corrected chi connectivity index (χ4v) is 1.26. The molecule has 2 nitrogen and oxygen atoms in total. The summed E-state index contributed by atoms with van der Waals surface area (Å²) in [6.45, 7) is 0. The van der Waals surface area contributed by atoms with Crippen LogP contribution in [0.2, 0.25) is 0 Å². The number of fused-ring (bicyclic) bond motifs is 1. The van der Waals surface area contributed by atoms with Crippen molar-refractivity contribution in [3.63, 3.8) is 0 Å². The molecule has 0 saturated heterocycles. The van der Waals surface area contributed by atoms with E-state index >= 15 is 0 Å². The Bertz CT molecular complexity index is 285. The summed E-state index contributed by atoms with van der Waals surface area (Å²) in [6, 6.07) is 4.82. The van der Waals surface area contributed by atoms with Crippen LogP contribution >= 0.6 is 11.3 Å². The van der Waals surface area contributed by atoms with Gasteiger partial charge in [0, 0.05) is 12.3 Å². The van der Waals surface area contributed by atoms with E-state index < -0.39 is 0 Å². The maximum absolute atomic E-state index is 4.01. The van der Waals surface area contributed by atoms with Crippen LogP contribution in [-0.2, 0) is 0 Å². The number of rotatable bonds is 0. The smallest absolute Gasteiger partial charge is 0.170 e. The van der Waals surface area contributed by atoms with Gasteiger partial charge in [-0.3, -0.25) is 0 Å². The minimum absolute atomic E-state index is 0.794. The van der Waals surface area contributed by atoms with E-state index in [1.54, 1.807) is 29.1 Å². The molecule has 1 radical (unpaired) electrons. The Morgan fingerprint density at radius 2 is 2.44 bits per heavy atom. The van der Waals surface area contributed by atoms with E-state index in [1.807, 2.05) is 0 Å². The molecule has 0 bridgehead atoms. The first kappa shape index (κ1) is 4.88. The zero-order valence-corrected chi connectivity index (χ0v) is 5.35. The van der Waals surface area contributed by atoms with Crippen LogP contribution in [0, 0.1) is 6.07 Å². The first-order valence-electron chi connectivity index (χ1n) is 2.53. The Kier molecular flexibility index (Phi) is 0.960. The number of hydrogen-bond donors (Lipinski definition) is 0.